The van der Waals surface area contributed by atoms with Gasteiger partial charge in [-0.25, -0.2) is 5.43 Å². The largest absolute Gasteiger partial charge is 0.489 e. The summed E-state index contributed by atoms with van der Waals surface area (Å²) >= 11 is 7.65. The minimum absolute atomic E-state index is 0.256. The molecule has 1 N–H and O–H groups in total. The first kappa shape index (κ1) is 25.6. The fraction of sp³-hybridized carbons (Fsp3) is 0.0625. The van der Waals surface area contributed by atoms with Crippen LogP contribution in [0.25, 0.3) is 10.8 Å². The Bertz CT molecular complexity index is 1550. The molecule has 4 nitrogen and oxygen atoms in total. The summed E-state index contributed by atoms with van der Waals surface area (Å²) in [5, 5.41) is 7.24. The van der Waals surface area contributed by atoms with Crippen LogP contribution in [0.4, 0.5) is 0 Å². The Balaban J connectivity index is 1.08. The third kappa shape index (κ3) is 7.03. The molecule has 0 heterocycles. The Hall–Kier alpha value is -4.06. The van der Waals surface area contributed by atoms with E-state index in [0.717, 1.165) is 38.1 Å². The number of hydrogen-bond acceptors (Lipinski definition) is 4. The number of hydrazone groups is 1. The Morgan fingerprint density at radius 2 is 1.53 bits per heavy atom. The predicted octanol–water partition coefficient (Wildman–Crippen LogP) is 8.13. The highest BCUT2D eigenvalue weighted by atomic mass is 35.5. The molecule has 0 unspecified atom stereocenters. The lowest BCUT2D eigenvalue weighted by molar-refractivity contribution is 0.0955. The lowest BCUT2D eigenvalue weighted by Gasteiger charge is -2.08. The molecule has 0 saturated heterocycles. The van der Waals surface area contributed by atoms with Crippen molar-refractivity contribution in [3.8, 4) is 5.75 Å². The van der Waals surface area contributed by atoms with Gasteiger partial charge in [0.1, 0.15) is 12.4 Å². The van der Waals surface area contributed by atoms with Crippen LogP contribution < -0.4 is 10.2 Å². The number of carbonyl (C=O) groups is 1. The maximum Gasteiger partial charge on any atom is 0.271 e. The van der Waals surface area contributed by atoms with Gasteiger partial charge >= 0.3 is 0 Å². The van der Waals surface area contributed by atoms with Crippen molar-refractivity contribution in [2.24, 2.45) is 5.10 Å². The van der Waals surface area contributed by atoms with Crippen LogP contribution in [0.15, 0.2) is 125 Å². The first-order valence-electron chi connectivity index (χ1n) is 12.1. The Morgan fingerprint density at radius 3 is 2.29 bits per heavy atom. The van der Waals surface area contributed by atoms with E-state index >= 15 is 0 Å². The van der Waals surface area contributed by atoms with Crippen LogP contribution >= 0.6 is 23.4 Å². The molecular formula is C32H25ClN2O2S. The summed E-state index contributed by atoms with van der Waals surface area (Å²) in [6, 6.07) is 37.5. The van der Waals surface area contributed by atoms with Gasteiger partial charge in [0.05, 0.1) is 6.21 Å². The van der Waals surface area contributed by atoms with Crippen LogP contribution in [0.2, 0.25) is 5.02 Å². The Labute approximate surface area is 231 Å². The second-order valence-corrected chi connectivity index (χ2v) is 10.2. The molecule has 0 radical (unpaired) electrons. The Kier molecular flexibility index (Phi) is 8.39. The lowest BCUT2D eigenvalue weighted by atomic mass is 10.1. The fourth-order valence-electron chi connectivity index (χ4n) is 3.83. The van der Waals surface area contributed by atoms with E-state index in [0.29, 0.717) is 12.2 Å². The number of amides is 1. The lowest BCUT2D eigenvalue weighted by Crippen LogP contribution is -2.17. The van der Waals surface area contributed by atoms with Gasteiger partial charge in [0.2, 0.25) is 0 Å². The van der Waals surface area contributed by atoms with Crippen LogP contribution in [0, 0.1) is 0 Å². The van der Waals surface area contributed by atoms with Gasteiger partial charge < -0.3 is 4.74 Å². The molecule has 38 heavy (non-hydrogen) atoms. The minimum Gasteiger partial charge on any atom is -0.489 e. The fourth-order valence-corrected chi connectivity index (χ4v) is 4.81. The van der Waals surface area contributed by atoms with E-state index in [-0.39, 0.29) is 5.91 Å². The van der Waals surface area contributed by atoms with E-state index in [1.165, 1.54) is 10.8 Å². The highest BCUT2D eigenvalue weighted by Crippen LogP contribution is 2.24. The van der Waals surface area contributed by atoms with Gasteiger partial charge in [0.15, 0.2) is 0 Å². The normalized spacial score (nSPS) is 11.1. The quantitative estimate of drug-likeness (QED) is 0.117. The van der Waals surface area contributed by atoms with Crippen molar-refractivity contribution in [3.05, 3.63) is 143 Å². The van der Waals surface area contributed by atoms with Gasteiger partial charge in [-0.3, -0.25) is 4.79 Å². The molecule has 0 saturated carbocycles. The summed E-state index contributed by atoms with van der Waals surface area (Å²) in [6.07, 6.45) is 1.61. The zero-order chi connectivity index (χ0) is 26.2. The SMILES string of the molecule is O=C(N/N=C\c1ccc(OCc2ccc3ccccc3c2)cc1)c1ccc(CSc2ccc(Cl)cc2)cc1. The molecule has 0 atom stereocenters. The van der Waals surface area contributed by atoms with Crippen molar-refractivity contribution in [3.63, 3.8) is 0 Å². The molecular weight excluding hydrogens is 512 g/mol. The van der Waals surface area contributed by atoms with Gasteiger partial charge in [-0.05, 0) is 94.2 Å². The average molecular weight is 537 g/mol. The van der Waals surface area contributed by atoms with Crippen LogP contribution in [0.1, 0.15) is 27.0 Å². The van der Waals surface area contributed by atoms with Gasteiger partial charge in [0, 0.05) is 21.2 Å². The van der Waals surface area contributed by atoms with E-state index in [1.54, 1.807) is 18.0 Å². The number of halogens is 1. The summed E-state index contributed by atoms with van der Waals surface area (Å²) in [5.41, 5.74) is 6.25. The zero-order valence-electron chi connectivity index (χ0n) is 20.5. The first-order valence-corrected chi connectivity index (χ1v) is 13.5. The maximum atomic E-state index is 12.5. The third-order valence-corrected chi connectivity index (χ3v) is 7.25. The molecule has 0 aliphatic heterocycles. The summed E-state index contributed by atoms with van der Waals surface area (Å²) in [4.78, 5) is 13.6. The summed E-state index contributed by atoms with van der Waals surface area (Å²) < 4.78 is 5.93. The Morgan fingerprint density at radius 1 is 0.816 bits per heavy atom. The van der Waals surface area contributed by atoms with Crippen LogP contribution in [-0.4, -0.2) is 12.1 Å². The monoisotopic (exact) mass is 536 g/mol. The van der Waals surface area contributed by atoms with Crippen molar-refractivity contribution in [1.82, 2.24) is 5.43 Å². The van der Waals surface area contributed by atoms with Crippen molar-refractivity contribution >= 4 is 46.3 Å². The number of rotatable bonds is 9. The van der Waals surface area contributed by atoms with E-state index in [1.807, 2.05) is 84.9 Å². The summed E-state index contributed by atoms with van der Waals surface area (Å²) in [6.45, 7) is 0.493. The summed E-state index contributed by atoms with van der Waals surface area (Å²) in [5.74, 6) is 1.33. The molecule has 5 rings (SSSR count). The smallest absolute Gasteiger partial charge is 0.271 e. The number of nitrogens with one attached hydrogen (secondary N) is 1. The molecule has 5 aromatic carbocycles. The molecule has 5 aromatic rings. The number of fused-ring (bicyclic) bond motifs is 1. The van der Waals surface area contributed by atoms with Crippen LogP contribution in [0.3, 0.4) is 0 Å². The molecule has 0 spiro atoms. The average Bonchev–Trinajstić information content (AvgIpc) is 2.96. The van der Waals surface area contributed by atoms with Gasteiger partial charge in [-0.15, -0.1) is 11.8 Å². The third-order valence-electron chi connectivity index (χ3n) is 5.91. The van der Waals surface area contributed by atoms with Crippen molar-refractivity contribution in [1.29, 1.82) is 0 Å². The van der Waals surface area contributed by atoms with Gasteiger partial charge in [-0.2, -0.15) is 5.10 Å². The number of nitrogens with zero attached hydrogens (tertiary/aromatic N) is 1. The number of thioether (sulfide) groups is 1. The van der Waals surface area contributed by atoms with Crippen molar-refractivity contribution < 1.29 is 9.53 Å². The molecule has 0 fully saturated rings. The first-order chi connectivity index (χ1) is 18.6. The van der Waals surface area contributed by atoms with E-state index in [4.69, 9.17) is 16.3 Å². The molecule has 0 aromatic heterocycles. The number of benzene rings is 5. The molecule has 0 bridgehead atoms. The molecule has 0 aliphatic carbocycles. The molecule has 1 amide bonds. The minimum atomic E-state index is -0.256. The summed E-state index contributed by atoms with van der Waals surface area (Å²) in [7, 11) is 0. The highest BCUT2D eigenvalue weighted by Gasteiger charge is 2.05. The van der Waals surface area contributed by atoms with Gasteiger partial charge in [0.25, 0.3) is 5.91 Å². The van der Waals surface area contributed by atoms with E-state index in [2.05, 4.69) is 40.9 Å². The van der Waals surface area contributed by atoms with E-state index in [9.17, 15) is 4.79 Å². The van der Waals surface area contributed by atoms with Crippen molar-refractivity contribution in [2.75, 3.05) is 0 Å². The number of hydrogen-bond donors (Lipinski definition) is 1. The molecule has 6 heteroatoms. The zero-order valence-corrected chi connectivity index (χ0v) is 22.1. The number of carbonyl (C=O) groups excluding carboxylic acids is 1. The predicted molar refractivity (Wildman–Crippen MR) is 157 cm³/mol. The highest BCUT2D eigenvalue weighted by molar-refractivity contribution is 7.98. The second-order valence-electron chi connectivity index (χ2n) is 8.68. The topological polar surface area (TPSA) is 50.7 Å². The van der Waals surface area contributed by atoms with E-state index < -0.39 is 0 Å². The maximum absolute atomic E-state index is 12.5. The second kappa shape index (κ2) is 12.5. The standard InChI is InChI=1S/C32H25ClN2O2S/c33-29-13-17-31(18-14-29)38-22-24-5-11-27(12-6-24)32(36)35-34-20-23-8-15-30(16-9-23)37-21-25-7-10-26-3-1-2-4-28(26)19-25/h1-20H,21-22H2,(H,35,36)/b34-20-. The van der Waals surface area contributed by atoms with Crippen molar-refractivity contribution in [2.45, 2.75) is 17.3 Å². The number of ether oxygens (including phenoxy) is 1. The molecule has 0 aliphatic rings. The van der Waals surface area contributed by atoms with Crippen LogP contribution in [0.5, 0.6) is 5.75 Å². The van der Waals surface area contributed by atoms with Crippen LogP contribution in [-0.2, 0) is 12.4 Å². The van der Waals surface area contributed by atoms with Gasteiger partial charge in [-0.1, -0.05) is 60.1 Å². The molecule has 188 valence electrons.